The van der Waals surface area contributed by atoms with E-state index in [1.807, 2.05) is 0 Å². The molecule has 1 N–H and O–H groups in total. The molecule has 1 heteroatoms. The molecule has 0 aromatic carbocycles. The van der Waals surface area contributed by atoms with Crippen molar-refractivity contribution < 1.29 is 0 Å². The van der Waals surface area contributed by atoms with Crippen molar-refractivity contribution in [1.82, 2.24) is 5.32 Å². The van der Waals surface area contributed by atoms with E-state index in [1.54, 1.807) is 0 Å². The molecule has 1 aliphatic rings. The predicted octanol–water partition coefficient (Wildman–Crippen LogP) is 2.34. The highest BCUT2D eigenvalue weighted by molar-refractivity contribution is 4.98. The van der Waals surface area contributed by atoms with E-state index in [9.17, 15) is 0 Å². The molecule has 11 heavy (non-hydrogen) atoms. The van der Waals surface area contributed by atoms with Crippen LogP contribution in [0.15, 0.2) is 12.2 Å². The van der Waals surface area contributed by atoms with Gasteiger partial charge in [-0.25, -0.2) is 0 Å². The summed E-state index contributed by atoms with van der Waals surface area (Å²) in [6, 6.07) is 1.33. The van der Waals surface area contributed by atoms with Gasteiger partial charge >= 0.3 is 0 Å². The van der Waals surface area contributed by atoms with Crippen molar-refractivity contribution >= 4 is 0 Å². The van der Waals surface area contributed by atoms with Gasteiger partial charge in [0.2, 0.25) is 0 Å². The van der Waals surface area contributed by atoms with E-state index in [4.69, 9.17) is 0 Å². The molecule has 0 radical (unpaired) electrons. The molecule has 0 fully saturated rings. The molecule has 2 atom stereocenters. The van der Waals surface area contributed by atoms with Crippen LogP contribution >= 0.6 is 0 Å². The van der Waals surface area contributed by atoms with Gasteiger partial charge in [-0.1, -0.05) is 32.9 Å². The van der Waals surface area contributed by atoms with Gasteiger partial charge in [0, 0.05) is 12.1 Å². The number of rotatable bonds is 2. The molecule has 0 aliphatic heterocycles. The van der Waals surface area contributed by atoms with E-state index >= 15 is 0 Å². The second-order valence-corrected chi connectivity index (χ2v) is 3.79. The summed E-state index contributed by atoms with van der Waals surface area (Å²) in [4.78, 5) is 0. The number of hydrogen-bond donors (Lipinski definition) is 1. The Balaban J connectivity index is 2.38. The fourth-order valence-electron chi connectivity index (χ4n) is 1.65. The molecule has 0 aromatic rings. The highest BCUT2D eigenvalue weighted by Crippen LogP contribution is 2.17. The molecular weight excluding hydrogens is 134 g/mol. The van der Waals surface area contributed by atoms with Gasteiger partial charge in [0.25, 0.3) is 0 Å². The molecule has 0 aromatic heterocycles. The van der Waals surface area contributed by atoms with Crippen LogP contribution in [0.2, 0.25) is 0 Å². The van der Waals surface area contributed by atoms with Gasteiger partial charge in [-0.05, 0) is 18.8 Å². The fraction of sp³-hybridized carbons (Fsp3) is 0.800. The average Bonchev–Trinajstić information content (AvgIpc) is 1.93. The molecule has 0 spiro atoms. The highest BCUT2D eigenvalue weighted by atomic mass is 14.9. The first-order valence-corrected chi connectivity index (χ1v) is 4.63. The van der Waals surface area contributed by atoms with Crippen LogP contribution in [0.25, 0.3) is 0 Å². The van der Waals surface area contributed by atoms with Crippen molar-refractivity contribution in [2.45, 2.75) is 45.7 Å². The van der Waals surface area contributed by atoms with Gasteiger partial charge in [-0.15, -0.1) is 0 Å². The first kappa shape index (κ1) is 8.79. The lowest BCUT2D eigenvalue weighted by molar-refractivity contribution is 0.366. The maximum Gasteiger partial charge on any atom is 0.0132 e. The maximum absolute atomic E-state index is 3.58. The fourth-order valence-corrected chi connectivity index (χ4v) is 1.65. The Bertz CT molecular complexity index is 138. The first-order chi connectivity index (χ1) is 5.20. The van der Waals surface area contributed by atoms with Crippen molar-refractivity contribution in [3.8, 4) is 0 Å². The summed E-state index contributed by atoms with van der Waals surface area (Å²) in [5.41, 5.74) is 0. The number of nitrogens with one attached hydrogen (secondary N) is 1. The molecule has 1 aliphatic carbocycles. The van der Waals surface area contributed by atoms with Crippen LogP contribution in [0.5, 0.6) is 0 Å². The molecular formula is C10H19N. The third kappa shape index (κ3) is 2.66. The minimum atomic E-state index is 0.619. The smallest absolute Gasteiger partial charge is 0.0132 e. The molecule has 64 valence electrons. The zero-order valence-corrected chi connectivity index (χ0v) is 7.80. The molecule has 2 unspecified atom stereocenters. The van der Waals surface area contributed by atoms with Crippen LogP contribution in [-0.4, -0.2) is 12.1 Å². The summed E-state index contributed by atoms with van der Waals surface area (Å²) < 4.78 is 0. The van der Waals surface area contributed by atoms with Crippen molar-refractivity contribution in [2.75, 3.05) is 0 Å². The van der Waals surface area contributed by atoms with Crippen LogP contribution in [-0.2, 0) is 0 Å². The van der Waals surface area contributed by atoms with Crippen LogP contribution in [0.3, 0.4) is 0 Å². The predicted molar refractivity (Wildman–Crippen MR) is 49.6 cm³/mol. The lowest BCUT2D eigenvalue weighted by Gasteiger charge is -2.27. The van der Waals surface area contributed by atoms with Crippen molar-refractivity contribution in [3.05, 3.63) is 12.2 Å². The standard InChI is InChI=1S/C10H19N/c1-8(2)11-10-7-5-4-6-9(10)3/h4,6,8-11H,5,7H2,1-3H3. The molecule has 0 heterocycles. The third-order valence-electron chi connectivity index (χ3n) is 2.27. The Labute approximate surface area is 69.9 Å². The Kier molecular flexibility index (Phi) is 3.13. The Morgan fingerprint density at radius 3 is 2.73 bits per heavy atom. The summed E-state index contributed by atoms with van der Waals surface area (Å²) in [6.07, 6.45) is 7.16. The molecule has 1 rings (SSSR count). The Morgan fingerprint density at radius 2 is 2.18 bits per heavy atom. The van der Waals surface area contributed by atoms with Gasteiger partial charge in [-0.2, -0.15) is 0 Å². The maximum atomic E-state index is 3.58. The minimum Gasteiger partial charge on any atom is -0.311 e. The van der Waals surface area contributed by atoms with Gasteiger partial charge < -0.3 is 5.32 Å². The Hall–Kier alpha value is -0.300. The van der Waals surface area contributed by atoms with E-state index in [-0.39, 0.29) is 0 Å². The van der Waals surface area contributed by atoms with Crippen molar-refractivity contribution in [1.29, 1.82) is 0 Å². The average molecular weight is 153 g/mol. The molecule has 0 saturated carbocycles. The van der Waals surface area contributed by atoms with Crippen LogP contribution in [0.1, 0.15) is 33.6 Å². The second kappa shape index (κ2) is 3.91. The van der Waals surface area contributed by atoms with Crippen molar-refractivity contribution in [3.63, 3.8) is 0 Å². The van der Waals surface area contributed by atoms with E-state index in [2.05, 4.69) is 38.2 Å². The van der Waals surface area contributed by atoms with Gasteiger partial charge in [0.15, 0.2) is 0 Å². The number of allylic oxidation sites excluding steroid dienone is 1. The van der Waals surface area contributed by atoms with E-state index < -0.39 is 0 Å². The second-order valence-electron chi connectivity index (χ2n) is 3.79. The summed E-state index contributed by atoms with van der Waals surface area (Å²) in [7, 11) is 0. The van der Waals surface area contributed by atoms with Crippen LogP contribution in [0, 0.1) is 5.92 Å². The molecule has 1 nitrogen and oxygen atoms in total. The molecule has 0 bridgehead atoms. The molecule has 0 saturated heterocycles. The quantitative estimate of drug-likeness (QED) is 0.600. The lowest BCUT2D eigenvalue weighted by atomic mass is 9.91. The van der Waals surface area contributed by atoms with Gasteiger partial charge in [0.05, 0.1) is 0 Å². The van der Waals surface area contributed by atoms with Crippen molar-refractivity contribution in [2.24, 2.45) is 5.92 Å². The van der Waals surface area contributed by atoms with E-state index in [0.717, 1.165) is 0 Å². The molecule has 0 amide bonds. The highest BCUT2D eigenvalue weighted by Gasteiger charge is 2.17. The number of hydrogen-bond acceptors (Lipinski definition) is 1. The Morgan fingerprint density at radius 1 is 1.45 bits per heavy atom. The summed E-state index contributed by atoms with van der Waals surface area (Å²) >= 11 is 0. The topological polar surface area (TPSA) is 12.0 Å². The normalized spacial score (nSPS) is 31.3. The van der Waals surface area contributed by atoms with Crippen LogP contribution < -0.4 is 5.32 Å². The van der Waals surface area contributed by atoms with Gasteiger partial charge in [0.1, 0.15) is 0 Å². The third-order valence-corrected chi connectivity index (χ3v) is 2.27. The zero-order chi connectivity index (χ0) is 8.27. The van der Waals surface area contributed by atoms with E-state index in [0.29, 0.717) is 18.0 Å². The van der Waals surface area contributed by atoms with Gasteiger partial charge in [-0.3, -0.25) is 0 Å². The summed E-state index contributed by atoms with van der Waals surface area (Å²) in [5.74, 6) is 0.714. The summed E-state index contributed by atoms with van der Waals surface area (Å²) in [6.45, 7) is 6.71. The SMILES string of the molecule is CC(C)NC1CCC=CC1C. The monoisotopic (exact) mass is 153 g/mol. The zero-order valence-electron chi connectivity index (χ0n) is 7.80. The lowest BCUT2D eigenvalue weighted by Crippen LogP contribution is -2.39. The first-order valence-electron chi connectivity index (χ1n) is 4.63. The minimum absolute atomic E-state index is 0.619. The van der Waals surface area contributed by atoms with E-state index in [1.165, 1.54) is 12.8 Å². The largest absolute Gasteiger partial charge is 0.311 e. The summed E-state index contributed by atoms with van der Waals surface area (Å²) in [5, 5.41) is 3.58. The van der Waals surface area contributed by atoms with Crippen LogP contribution in [0.4, 0.5) is 0 Å².